The van der Waals surface area contributed by atoms with Crippen molar-refractivity contribution in [1.29, 1.82) is 0 Å². The van der Waals surface area contributed by atoms with Crippen LogP contribution in [0.5, 0.6) is 5.75 Å². The Kier molecular flexibility index (Phi) is 8.31. The lowest BCUT2D eigenvalue weighted by Gasteiger charge is -2.06. The van der Waals surface area contributed by atoms with Gasteiger partial charge in [0.2, 0.25) is 0 Å². The molecule has 150 valence electrons. The molecule has 0 amide bonds. The van der Waals surface area contributed by atoms with Gasteiger partial charge in [0.25, 0.3) is 0 Å². The number of hydrogen-bond acceptors (Lipinski definition) is 3. The van der Waals surface area contributed by atoms with Crippen molar-refractivity contribution in [3.05, 3.63) is 75.2 Å². The van der Waals surface area contributed by atoms with Gasteiger partial charge in [0.1, 0.15) is 17.9 Å². The summed E-state index contributed by atoms with van der Waals surface area (Å²) in [6.45, 7) is 11.0. The summed E-state index contributed by atoms with van der Waals surface area (Å²) in [4.78, 5) is 11.5. The molecule has 1 aromatic heterocycles. The number of ether oxygens (including phenoxy) is 1. The number of allylic oxidation sites excluding steroid dienone is 5. The lowest BCUT2D eigenvalue weighted by atomic mass is 10.1. The van der Waals surface area contributed by atoms with Crippen LogP contribution in [0.15, 0.2) is 68.4 Å². The molecule has 0 bridgehead atoms. The van der Waals surface area contributed by atoms with Crippen molar-refractivity contribution in [2.75, 3.05) is 6.61 Å². The van der Waals surface area contributed by atoms with Gasteiger partial charge in [-0.1, -0.05) is 28.9 Å². The van der Waals surface area contributed by atoms with Gasteiger partial charge in [0.05, 0.1) is 0 Å². The lowest BCUT2D eigenvalue weighted by molar-refractivity contribution is 0.361. The minimum absolute atomic E-state index is 0.331. The van der Waals surface area contributed by atoms with Crippen molar-refractivity contribution < 1.29 is 9.15 Å². The van der Waals surface area contributed by atoms with Crippen LogP contribution in [-0.2, 0) is 0 Å². The fraction of sp³-hybridized carbons (Fsp3) is 0.400. The SMILES string of the molecule is CC(C)=CCCC(C)=CCCC(C)=CCOc1ccc2c(C)cc(=O)oc2c1. The average Bonchev–Trinajstić information content (AvgIpc) is 2.61. The van der Waals surface area contributed by atoms with Crippen LogP contribution in [0.25, 0.3) is 11.0 Å². The van der Waals surface area contributed by atoms with E-state index in [9.17, 15) is 4.79 Å². The molecule has 0 N–H and O–H groups in total. The fourth-order valence-electron chi connectivity index (χ4n) is 3.01. The van der Waals surface area contributed by atoms with Gasteiger partial charge in [-0.05, 0) is 84.1 Å². The molecular weight excluding hydrogens is 348 g/mol. The van der Waals surface area contributed by atoms with Crippen molar-refractivity contribution in [2.24, 2.45) is 0 Å². The third kappa shape index (κ3) is 7.22. The topological polar surface area (TPSA) is 39.4 Å². The molecule has 1 aromatic carbocycles. The van der Waals surface area contributed by atoms with Crippen LogP contribution in [0.3, 0.4) is 0 Å². The van der Waals surface area contributed by atoms with E-state index in [-0.39, 0.29) is 5.63 Å². The van der Waals surface area contributed by atoms with Gasteiger partial charge < -0.3 is 9.15 Å². The molecule has 0 saturated heterocycles. The van der Waals surface area contributed by atoms with Gasteiger partial charge in [-0.15, -0.1) is 0 Å². The lowest BCUT2D eigenvalue weighted by Crippen LogP contribution is -1.99. The summed E-state index contributed by atoms with van der Waals surface area (Å²) in [5.74, 6) is 0.709. The Bertz CT molecular complexity index is 938. The van der Waals surface area contributed by atoms with Crippen LogP contribution in [0.1, 0.15) is 58.9 Å². The highest BCUT2D eigenvalue weighted by atomic mass is 16.5. The zero-order valence-electron chi connectivity index (χ0n) is 17.8. The van der Waals surface area contributed by atoms with E-state index in [1.54, 1.807) is 6.07 Å². The normalized spacial score (nSPS) is 12.3. The Morgan fingerprint density at radius 2 is 1.64 bits per heavy atom. The first-order valence-corrected chi connectivity index (χ1v) is 9.97. The van der Waals surface area contributed by atoms with Crippen molar-refractivity contribution in [3.63, 3.8) is 0 Å². The maximum atomic E-state index is 11.5. The van der Waals surface area contributed by atoms with Gasteiger partial charge in [0, 0.05) is 17.5 Å². The standard InChI is InChI=1S/C25H32O3/c1-18(2)8-6-9-19(3)10-7-11-20(4)14-15-27-22-12-13-23-21(5)16-25(26)28-24(23)17-22/h8,10,12-14,16-17H,6-7,9,11,15H2,1-5H3. The monoisotopic (exact) mass is 380 g/mol. The van der Waals surface area contributed by atoms with E-state index < -0.39 is 0 Å². The molecule has 3 nitrogen and oxygen atoms in total. The van der Waals surface area contributed by atoms with Crippen molar-refractivity contribution >= 4 is 11.0 Å². The quantitative estimate of drug-likeness (QED) is 0.351. The third-order valence-corrected chi connectivity index (χ3v) is 4.73. The van der Waals surface area contributed by atoms with Crippen LogP contribution >= 0.6 is 0 Å². The second-order valence-corrected chi connectivity index (χ2v) is 7.68. The molecule has 0 atom stereocenters. The minimum atomic E-state index is -0.331. The van der Waals surface area contributed by atoms with Crippen LogP contribution in [0, 0.1) is 6.92 Å². The molecule has 0 saturated carbocycles. The molecule has 0 fully saturated rings. The summed E-state index contributed by atoms with van der Waals surface area (Å²) >= 11 is 0. The number of fused-ring (bicyclic) bond motifs is 1. The van der Waals surface area contributed by atoms with E-state index >= 15 is 0 Å². The van der Waals surface area contributed by atoms with Crippen LogP contribution in [-0.4, -0.2) is 6.61 Å². The molecule has 1 heterocycles. The molecule has 0 spiro atoms. The number of benzene rings is 1. The van der Waals surface area contributed by atoms with E-state index in [0.29, 0.717) is 17.9 Å². The predicted molar refractivity (Wildman–Crippen MR) is 118 cm³/mol. The fourth-order valence-corrected chi connectivity index (χ4v) is 3.01. The van der Waals surface area contributed by atoms with Crippen LogP contribution in [0.4, 0.5) is 0 Å². The van der Waals surface area contributed by atoms with Gasteiger partial charge in [-0.25, -0.2) is 4.79 Å². The molecule has 3 heteroatoms. The first kappa shape index (κ1) is 21.7. The molecule has 0 aliphatic rings. The number of hydrogen-bond donors (Lipinski definition) is 0. The van der Waals surface area contributed by atoms with Gasteiger partial charge in [-0.3, -0.25) is 0 Å². The van der Waals surface area contributed by atoms with Gasteiger partial charge >= 0.3 is 5.63 Å². The Morgan fingerprint density at radius 3 is 2.36 bits per heavy atom. The Balaban J connectivity index is 1.83. The summed E-state index contributed by atoms with van der Waals surface area (Å²) in [5.41, 5.74) is 5.30. The van der Waals surface area contributed by atoms with Gasteiger partial charge in [0.15, 0.2) is 0 Å². The first-order valence-electron chi connectivity index (χ1n) is 9.97. The zero-order chi connectivity index (χ0) is 20.5. The van der Waals surface area contributed by atoms with E-state index in [1.165, 1.54) is 22.8 Å². The maximum Gasteiger partial charge on any atom is 0.336 e. The molecule has 0 aliphatic carbocycles. The largest absolute Gasteiger partial charge is 0.489 e. The molecule has 28 heavy (non-hydrogen) atoms. The molecule has 0 unspecified atom stereocenters. The van der Waals surface area contributed by atoms with Gasteiger partial charge in [-0.2, -0.15) is 0 Å². The first-order chi connectivity index (χ1) is 13.3. The molecular formula is C25H32O3. The summed E-state index contributed by atoms with van der Waals surface area (Å²) in [7, 11) is 0. The molecule has 2 aromatic rings. The highest BCUT2D eigenvalue weighted by Gasteiger charge is 2.03. The predicted octanol–water partition coefficient (Wildman–Crippen LogP) is 6.90. The summed E-state index contributed by atoms with van der Waals surface area (Å²) in [6.07, 6.45) is 11.1. The maximum absolute atomic E-state index is 11.5. The second kappa shape index (κ2) is 10.7. The summed E-state index contributed by atoms with van der Waals surface area (Å²) in [6, 6.07) is 7.14. The Morgan fingerprint density at radius 1 is 0.964 bits per heavy atom. The van der Waals surface area contributed by atoms with Crippen molar-refractivity contribution in [3.8, 4) is 5.75 Å². The van der Waals surface area contributed by atoms with E-state index in [1.807, 2.05) is 19.1 Å². The molecule has 2 rings (SSSR count). The van der Waals surface area contributed by atoms with Crippen LogP contribution < -0.4 is 10.4 Å². The van der Waals surface area contributed by atoms with E-state index in [0.717, 1.165) is 36.6 Å². The molecule has 0 aliphatic heterocycles. The minimum Gasteiger partial charge on any atom is -0.489 e. The zero-order valence-corrected chi connectivity index (χ0v) is 17.8. The molecule has 0 radical (unpaired) electrons. The summed E-state index contributed by atoms with van der Waals surface area (Å²) < 4.78 is 11.1. The highest BCUT2D eigenvalue weighted by Crippen LogP contribution is 2.22. The number of aryl methyl sites for hydroxylation is 1. The smallest absolute Gasteiger partial charge is 0.336 e. The summed E-state index contributed by atoms with van der Waals surface area (Å²) in [5, 5.41) is 0.936. The van der Waals surface area contributed by atoms with E-state index in [2.05, 4.69) is 45.9 Å². The highest BCUT2D eigenvalue weighted by molar-refractivity contribution is 5.81. The van der Waals surface area contributed by atoms with Crippen LogP contribution in [0.2, 0.25) is 0 Å². The second-order valence-electron chi connectivity index (χ2n) is 7.68. The number of rotatable bonds is 9. The Hall–Kier alpha value is -2.55. The van der Waals surface area contributed by atoms with Crippen molar-refractivity contribution in [1.82, 2.24) is 0 Å². The third-order valence-electron chi connectivity index (χ3n) is 4.73. The van der Waals surface area contributed by atoms with E-state index in [4.69, 9.17) is 9.15 Å². The average molecular weight is 381 g/mol. The Labute approximate surface area is 168 Å². The van der Waals surface area contributed by atoms with Crippen molar-refractivity contribution in [2.45, 2.75) is 60.3 Å².